The van der Waals surface area contributed by atoms with Gasteiger partial charge in [0.2, 0.25) is 5.91 Å². The van der Waals surface area contributed by atoms with Gasteiger partial charge in [-0.1, -0.05) is 26.3 Å². The molecule has 0 spiro atoms. The maximum atomic E-state index is 12.8. The molecule has 3 heterocycles. The zero-order chi connectivity index (χ0) is 20.1. The number of piperidine rings is 1. The van der Waals surface area contributed by atoms with Crippen LogP contribution in [0.2, 0.25) is 0 Å². The summed E-state index contributed by atoms with van der Waals surface area (Å²) in [7, 11) is -3.43. The number of amides is 1. The molecule has 0 aromatic carbocycles. The van der Waals surface area contributed by atoms with Gasteiger partial charge >= 0.3 is 0 Å². The van der Waals surface area contributed by atoms with Gasteiger partial charge in [0.25, 0.3) is 10.0 Å². The number of nitrogens with zero attached hydrogens (tertiary/aromatic N) is 1. The van der Waals surface area contributed by atoms with Gasteiger partial charge in [0.1, 0.15) is 4.21 Å². The lowest BCUT2D eigenvalue weighted by atomic mass is 10.0. The summed E-state index contributed by atoms with van der Waals surface area (Å²) in [6, 6.07) is 7.46. The average Bonchev–Trinajstić information content (AvgIpc) is 3.34. The quantitative estimate of drug-likeness (QED) is 0.660. The summed E-state index contributed by atoms with van der Waals surface area (Å²) in [5.74, 6) is 0.401. The van der Waals surface area contributed by atoms with E-state index in [0.717, 1.165) is 35.4 Å². The van der Waals surface area contributed by atoms with Crippen molar-refractivity contribution in [1.29, 1.82) is 0 Å². The summed E-state index contributed by atoms with van der Waals surface area (Å²) < 4.78 is 27.5. The predicted octanol–water partition coefficient (Wildman–Crippen LogP) is 4.43. The maximum Gasteiger partial charge on any atom is 0.252 e. The number of thiophene rings is 2. The molecule has 0 aliphatic carbocycles. The lowest BCUT2D eigenvalue weighted by molar-refractivity contribution is -0.121. The summed E-state index contributed by atoms with van der Waals surface area (Å²) in [5.41, 5.74) is 0. The topological polar surface area (TPSA) is 66.5 Å². The first-order chi connectivity index (χ1) is 13.4. The predicted molar refractivity (Wildman–Crippen MR) is 115 cm³/mol. The first kappa shape index (κ1) is 21.5. The molecular weight excluding hydrogens is 412 g/mol. The van der Waals surface area contributed by atoms with Gasteiger partial charge in [-0.05, 0) is 48.8 Å². The fourth-order valence-electron chi connectivity index (χ4n) is 3.44. The van der Waals surface area contributed by atoms with E-state index >= 15 is 0 Å². The molecule has 8 heteroatoms. The van der Waals surface area contributed by atoms with Gasteiger partial charge in [-0.2, -0.15) is 4.31 Å². The molecule has 28 heavy (non-hydrogen) atoms. The minimum absolute atomic E-state index is 0.00372. The molecule has 1 aliphatic heterocycles. The number of carbonyl (C=O) groups excluding carboxylic acids is 1. The molecule has 0 saturated carbocycles. The van der Waals surface area contributed by atoms with E-state index in [9.17, 15) is 13.2 Å². The second-order valence-corrected chi connectivity index (χ2v) is 11.9. The molecule has 3 rings (SSSR count). The van der Waals surface area contributed by atoms with Crippen molar-refractivity contribution in [3.05, 3.63) is 39.4 Å². The van der Waals surface area contributed by atoms with Crippen LogP contribution in [0.25, 0.3) is 0 Å². The molecule has 1 atom stereocenters. The van der Waals surface area contributed by atoms with Crippen LogP contribution in [0.5, 0.6) is 0 Å². The van der Waals surface area contributed by atoms with Crippen LogP contribution in [0.1, 0.15) is 55.3 Å². The van der Waals surface area contributed by atoms with Crippen molar-refractivity contribution in [1.82, 2.24) is 9.62 Å². The molecule has 1 unspecified atom stereocenters. The number of rotatable bonds is 8. The monoisotopic (exact) mass is 440 g/mol. The van der Waals surface area contributed by atoms with Crippen molar-refractivity contribution in [3.63, 3.8) is 0 Å². The van der Waals surface area contributed by atoms with Gasteiger partial charge in [-0.15, -0.1) is 22.7 Å². The Morgan fingerprint density at radius 1 is 1.18 bits per heavy atom. The Balaban J connectivity index is 1.64. The van der Waals surface area contributed by atoms with Gasteiger partial charge in [-0.25, -0.2) is 8.42 Å². The summed E-state index contributed by atoms with van der Waals surface area (Å²) in [6.07, 6.45) is 4.01. The zero-order valence-electron chi connectivity index (χ0n) is 16.4. The van der Waals surface area contributed by atoms with Crippen molar-refractivity contribution >= 4 is 38.6 Å². The smallest absolute Gasteiger partial charge is 0.252 e. The van der Waals surface area contributed by atoms with Crippen molar-refractivity contribution in [2.24, 2.45) is 5.92 Å². The minimum atomic E-state index is -3.43. The highest BCUT2D eigenvalue weighted by atomic mass is 32.2. The molecule has 5 nitrogen and oxygen atoms in total. The summed E-state index contributed by atoms with van der Waals surface area (Å²) in [4.78, 5) is 14.5. The van der Waals surface area contributed by atoms with Gasteiger partial charge in [-0.3, -0.25) is 4.79 Å². The highest BCUT2D eigenvalue weighted by Crippen LogP contribution is 2.28. The van der Waals surface area contributed by atoms with E-state index in [-0.39, 0.29) is 18.4 Å². The fraction of sp³-hybridized carbons (Fsp3) is 0.550. The Labute approximate surface area is 175 Å². The lowest BCUT2D eigenvalue weighted by Gasteiger charge is -2.25. The van der Waals surface area contributed by atoms with Crippen LogP contribution in [0.4, 0.5) is 0 Å². The van der Waals surface area contributed by atoms with Crippen LogP contribution in [-0.4, -0.2) is 31.7 Å². The van der Waals surface area contributed by atoms with Gasteiger partial charge < -0.3 is 5.32 Å². The molecule has 154 valence electrons. The third-order valence-corrected chi connectivity index (χ3v) is 9.25. The van der Waals surface area contributed by atoms with Crippen LogP contribution in [-0.2, 0) is 21.2 Å². The molecule has 1 amide bonds. The molecule has 0 radical (unpaired) electrons. The van der Waals surface area contributed by atoms with Gasteiger partial charge in [0.15, 0.2) is 0 Å². The summed E-state index contributed by atoms with van der Waals surface area (Å²) in [5, 5.41) is 5.15. The Morgan fingerprint density at radius 3 is 2.57 bits per heavy atom. The molecule has 1 aliphatic rings. The highest BCUT2D eigenvalue weighted by molar-refractivity contribution is 7.91. The lowest BCUT2D eigenvalue weighted by Crippen LogP contribution is -2.35. The number of hydrogen-bond donors (Lipinski definition) is 1. The third kappa shape index (κ3) is 5.43. The van der Waals surface area contributed by atoms with Crippen molar-refractivity contribution < 1.29 is 13.2 Å². The number of nitrogens with one attached hydrogen (secondary N) is 1. The van der Waals surface area contributed by atoms with Crippen LogP contribution in [0, 0.1) is 5.92 Å². The largest absolute Gasteiger partial charge is 0.348 e. The summed E-state index contributed by atoms with van der Waals surface area (Å²) in [6.45, 7) is 5.47. The van der Waals surface area contributed by atoms with E-state index in [0.29, 0.717) is 23.2 Å². The normalized spacial score (nSPS) is 17.0. The second kappa shape index (κ2) is 9.52. The maximum absolute atomic E-state index is 12.8. The molecule has 1 saturated heterocycles. The van der Waals surface area contributed by atoms with E-state index in [4.69, 9.17) is 0 Å². The SMILES string of the molecule is CC(C)CC(NC(=O)Cc1ccc(S(=O)(=O)N2CCCCC2)s1)c1cccs1. The highest BCUT2D eigenvalue weighted by Gasteiger charge is 2.27. The second-order valence-electron chi connectivity index (χ2n) is 7.63. The molecule has 2 aromatic rings. The molecule has 0 bridgehead atoms. The fourth-order valence-corrected chi connectivity index (χ4v) is 7.25. The molecule has 2 aromatic heterocycles. The molecule has 1 N–H and O–H groups in total. The van der Waals surface area contributed by atoms with Crippen LogP contribution in [0.15, 0.2) is 33.9 Å². The standard InChI is InChI=1S/C20H28N2O3S3/c1-15(2)13-17(18-7-6-12-26-18)21-19(23)14-16-8-9-20(27-16)28(24,25)22-10-4-3-5-11-22/h6-9,12,15,17H,3-5,10-11,13-14H2,1-2H3,(H,21,23). The number of hydrogen-bond acceptors (Lipinski definition) is 5. The van der Waals surface area contributed by atoms with Gasteiger partial charge in [0.05, 0.1) is 12.5 Å². The molecule has 1 fully saturated rings. The first-order valence-electron chi connectivity index (χ1n) is 9.78. The van der Waals surface area contributed by atoms with Crippen molar-refractivity contribution in [2.45, 2.75) is 56.2 Å². The summed E-state index contributed by atoms with van der Waals surface area (Å²) >= 11 is 2.86. The van der Waals surface area contributed by atoms with Crippen LogP contribution >= 0.6 is 22.7 Å². The Kier molecular flexibility index (Phi) is 7.31. The average molecular weight is 441 g/mol. The first-order valence-corrected chi connectivity index (χ1v) is 12.9. The van der Waals surface area contributed by atoms with E-state index in [1.807, 2.05) is 17.5 Å². The van der Waals surface area contributed by atoms with Crippen LogP contribution < -0.4 is 5.32 Å². The zero-order valence-corrected chi connectivity index (χ0v) is 18.8. The van der Waals surface area contributed by atoms with Crippen molar-refractivity contribution in [3.8, 4) is 0 Å². The van der Waals surface area contributed by atoms with E-state index in [1.54, 1.807) is 27.8 Å². The third-order valence-electron chi connectivity index (χ3n) is 4.81. The van der Waals surface area contributed by atoms with E-state index in [1.165, 1.54) is 11.3 Å². The van der Waals surface area contributed by atoms with Gasteiger partial charge in [0, 0.05) is 22.8 Å². The van der Waals surface area contributed by atoms with Crippen LogP contribution in [0.3, 0.4) is 0 Å². The van der Waals surface area contributed by atoms with Crippen molar-refractivity contribution in [2.75, 3.05) is 13.1 Å². The van der Waals surface area contributed by atoms with E-state index in [2.05, 4.69) is 19.2 Å². The number of carbonyl (C=O) groups is 1. The number of sulfonamides is 1. The Bertz CT molecular complexity index is 866. The van der Waals surface area contributed by atoms with E-state index < -0.39 is 10.0 Å². The molecular formula is C20H28N2O3S3. The Hall–Kier alpha value is -1.22. The minimum Gasteiger partial charge on any atom is -0.348 e. The Morgan fingerprint density at radius 2 is 1.93 bits per heavy atom.